The molecule has 1 heterocycles. The molecule has 1 aromatic carbocycles. The Labute approximate surface area is 164 Å². The lowest BCUT2D eigenvalue weighted by Gasteiger charge is -2.39. The van der Waals surface area contributed by atoms with Gasteiger partial charge in [0.25, 0.3) is 0 Å². The molecular formula is C21H35ClN2O2. The summed E-state index contributed by atoms with van der Waals surface area (Å²) in [4.78, 5) is 15.1. The molecule has 0 radical (unpaired) electrons. The predicted molar refractivity (Wildman–Crippen MR) is 110 cm³/mol. The first kappa shape index (κ1) is 22.8. The van der Waals surface area contributed by atoms with Gasteiger partial charge in [-0.1, -0.05) is 26.0 Å². The zero-order valence-electron chi connectivity index (χ0n) is 16.8. The van der Waals surface area contributed by atoms with Crippen molar-refractivity contribution in [2.45, 2.75) is 58.9 Å². The van der Waals surface area contributed by atoms with Gasteiger partial charge < -0.3 is 15.4 Å². The number of carbonyl (C=O) groups is 1. The van der Waals surface area contributed by atoms with Gasteiger partial charge in [0.2, 0.25) is 5.91 Å². The van der Waals surface area contributed by atoms with E-state index in [1.54, 1.807) is 0 Å². The number of benzene rings is 1. The smallest absolute Gasteiger partial charge is 0.232 e. The van der Waals surface area contributed by atoms with Gasteiger partial charge in [0.05, 0.1) is 12.0 Å². The molecule has 1 saturated heterocycles. The second-order valence-corrected chi connectivity index (χ2v) is 8.37. The van der Waals surface area contributed by atoms with Crippen LogP contribution in [0.15, 0.2) is 24.3 Å². The normalized spacial score (nSPS) is 19.0. The fraction of sp³-hybridized carbons (Fsp3) is 0.667. The molecule has 2 unspecified atom stereocenters. The molecule has 0 aliphatic carbocycles. The van der Waals surface area contributed by atoms with E-state index in [-0.39, 0.29) is 24.4 Å². The van der Waals surface area contributed by atoms with E-state index >= 15 is 0 Å². The fourth-order valence-corrected chi connectivity index (χ4v) is 3.37. The first-order chi connectivity index (χ1) is 11.7. The SMILES string of the molecule is CC(C)COc1ccc(C(C)(C)C(=O)N2CCCC(C(C)N)C2)cc1.Cl. The largest absolute Gasteiger partial charge is 0.493 e. The third-order valence-electron chi connectivity index (χ3n) is 5.18. The molecule has 1 fully saturated rings. The van der Waals surface area contributed by atoms with Crippen LogP contribution in [-0.4, -0.2) is 36.5 Å². The molecule has 0 bridgehead atoms. The zero-order chi connectivity index (χ0) is 18.6. The average Bonchev–Trinajstić information content (AvgIpc) is 2.59. The summed E-state index contributed by atoms with van der Waals surface area (Å²) in [5.74, 6) is 1.94. The maximum Gasteiger partial charge on any atom is 0.232 e. The molecule has 1 amide bonds. The van der Waals surface area contributed by atoms with Gasteiger partial charge in [-0.05, 0) is 63.1 Å². The van der Waals surface area contributed by atoms with E-state index in [9.17, 15) is 4.79 Å². The molecule has 0 spiro atoms. The second-order valence-electron chi connectivity index (χ2n) is 8.37. The number of nitrogens with zero attached hydrogens (tertiary/aromatic N) is 1. The number of piperidine rings is 1. The van der Waals surface area contributed by atoms with Crippen molar-refractivity contribution in [3.8, 4) is 5.75 Å². The van der Waals surface area contributed by atoms with E-state index < -0.39 is 5.41 Å². The van der Waals surface area contributed by atoms with E-state index in [0.29, 0.717) is 18.4 Å². The van der Waals surface area contributed by atoms with Crippen molar-refractivity contribution >= 4 is 18.3 Å². The van der Waals surface area contributed by atoms with Crippen LogP contribution < -0.4 is 10.5 Å². The van der Waals surface area contributed by atoms with Crippen molar-refractivity contribution in [1.29, 1.82) is 0 Å². The maximum absolute atomic E-state index is 13.1. The Morgan fingerprint density at radius 1 is 1.27 bits per heavy atom. The highest BCUT2D eigenvalue weighted by Gasteiger charge is 2.36. The quantitative estimate of drug-likeness (QED) is 0.808. The van der Waals surface area contributed by atoms with Gasteiger partial charge in [0, 0.05) is 19.1 Å². The van der Waals surface area contributed by atoms with Crippen LogP contribution in [0, 0.1) is 11.8 Å². The molecular weight excluding hydrogens is 348 g/mol. The minimum absolute atomic E-state index is 0. The number of carbonyl (C=O) groups excluding carboxylic acids is 1. The average molecular weight is 383 g/mol. The second kappa shape index (κ2) is 9.61. The first-order valence-electron chi connectivity index (χ1n) is 9.50. The lowest BCUT2D eigenvalue weighted by Crippen LogP contribution is -2.50. The predicted octanol–water partition coefficient (Wildman–Crippen LogP) is 4.01. The topological polar surface area (TPSA) is 55.6 Å². The van der Waals surface area contributed by atoms with Crippen molar-refractivity contribution in [3.05, 3.63) is 29.8 Å². The summed E-state index contributed by atoms with van der Waals surface area (Å²) in [7, 11) is 0. The van der Waals surface area contributed by atoms with Crippen LogP contribution in [-0.2, 0) is 10.2 Å². The lowest BCUT2D eigenvalue weighted by atomic mass is 9.81. The number of nitrogens with two attached hydrogens (primary N) is 1. The highest BCUT2D eigenvalue weighted by Crippen LogP contribution is 2.30. The summed E-state index contributed by atoms with van der Waals surface area (Å²) in [6, 6.07) is 8.10. The highest BCUT2D eigenvalue weighted by atomic mass is 35.5. The van der Waals surface area contributed by atoms with Crippen molar-refractivity contribution in [3.63, 3.8) is 0 Å². The minimum atomic E-state index is -0.545. The van der Waals surface area contributed by atoms with Crippen molar-refractivity contribution < 1.29 is 9.53 Å². The van der Waals surface area contributed by atoms with Gasteiger partial charge in [0.1, 0.15) is 5.75 Å². The molecule has 2 atom stereocenters. The van der Waals surface area contributed by atoms with Gasteiger partial charge in [-0.3, -0.25) is 4.79 Å². The molecule has 0 aromatic heterocycles. The molecule has 4 nitrogen and oxygen atoms in total. The zero-order valence-corrected chi connectivity index (χ0v) is 17.6. The maximum atomic E-state index is 13.1. The van der Waals surface area contributed by atoms with E-state index in [2.05, 4.69) is 13.8 Å². The van der Waals surface area contributed by atoms with Crippen LogP contribution in [0.5, 0.6) is 5.75 Å². The van der Waals surface area contributed by atoms with Crippen LogP contribution in [0.1, 0.15) is 53.0 Å². The van der Waals surface area contributed by atoms with E-state index in [1.807, 2.05) is 49.9 Å². The Morgan fingerprint density at radius 3 is 2.42 bits per heavy atom. The van der Waals surface area contributed by atoms with E-state index in [4.69, 9.17) is 10.5 Å². The Morgan fingerprint density at radius 2 is 1.88 bits per heavy atom. The van der Waals surface area contributed by atoms with Crippen LogP contribution in [0.25, 0.3) is 0 Å². The standard InChI is InChI=1S/C21H34N2O2.ClH/c1-15(2)14-25-19-10-8-18(9-11-19)21(4,5)20(24)23-12-6-7-17(13-23)16(3)22;/h8-11,15-17H,6-7,12-14,22H2,1-5H3;1H. The molecule has 1 aromatic rings. The van der Waals surface area contributed by atoms with Gasteiger partial charge in [-0.15, -0.1) is 12.4 Å². The molecule has 0 saturated carbocycles. The molecule has 2 rings (SSSR count). The summed E-state index contributed by atoms with van der Waals surface area (Å²) in [5.41, 5.74) is 6.54. The number of ether oxygens (including phenoxy) is 1. The van der Waals surface area contributed by atoms with Crippen molar-refractivity contribution in [1.82, 2.24) is 4.90 Å². The summed E-state index contributed by atoms with van der Waals surface area (Å²) < 4.78 is 5.74. The monoisotopic (exact) mass is 382 g/mol. The fourth-order valence-electron chi connectivity index (χ4n) is 3.37. The van der Waals surface area contributed by atoms with Crippen LogP contribution in [0.3, 0.4) is 0 Å². The van der Waals surface area contributed by atoms with E-state index in [1.165, 1.54) is 0 Å². The van der Waals surface area contributed by atoms with Crippen LogP contribution in [0.2, 0.25) is 0 Å². The Hall–Kier alpha value is -1.26. The number of rotatable bonds is 6. The number of likely N-dealkylation sites (tertiary alicyclic amines) is 1. The Kier molecular flexibility index (Phi) is 8.42. The van der Waals surface area contributed by atoms with E-state index in [0.717, 1.165) is 37.2 Å². The number of hydrogen-bond donors (Lipinski definition) is 1. The summed E-state index contributed by atoms with van der Waals surface area (Å²) >= 11 is 0. The summed E-state index contributed by atoms with van der Waals surface area (Å²) in [5, 5.41) is 0. The third-order valence-corrected chi connectivity index (χ3v) is 5.18. The van der Waals surface area contributed by atoms with Crippen LogP contribution >= 0.6 is 12.4 Å². The third kappa shape index (κ3) is 5.62. The molecule has 2 N–H and O–H groups in total. The molecule has 5 heteroatoms. The van der Waals surface area contributed by atoms with Crippen LogP contribution in [0.4, 0.5) is 0 Å². The minimum Gasteiger partial charge on any atom is -0.493 e. The van der Waals surface area contributed by atoms with Gasteiger partial charge >= 0.3 is 0 Å². The molecule has 1 aliphatic rings. The first-order valence-corrected chi connectivity index (χ1v) is 9.50. The van der Waals surface area contributed by atoms with Crippen molar-refractivity contribution in [2.24, 2.45) is 17.6 Å². The highest BCUT2D eigenvalue weighted by molar-refractivity contribution is 5.87. The molecule has 26 heavy (non-hydrogen) atoms. The summed E-state index contributed by atoms with van der Waals surface area (Å²) in [6.07, 6.45) is 2.15. The van der Waals surface area contributed by atoms with Gasteiger partial charge in [-0.25, -0.2) is 0 Å². The Bertz CT molecular complexity index is 570. The Balaban J connectivity index is 0.00000338. The molecule has 148 valence electrons. The molecule has 1 aliphatic heterocycles. The number of halogens is 1. The van der Waals surface area contributed by atoms with Crippen molar-refractivity contribution in [2.75, 3.05) is 19.7 Å². The van der Waals surface area contributed by atoms with Gasteiger partial charge in [-0.2, -0.15) is 0 Å². The van der Waals surface area contributed by atoms with Gasteiger partial charge in [0.15, 0.2) is 0 Å². The summed E-state index contributed by atoms with van der Waals surface area (Å²) in [6.45, 7) is 12.6. The number of hydrogen-bond acceptors (Lipinski definition) is 3. The lowest BCUT2D eigenvalue weighted by molar-refractivity contribution is -0.138. The number of amides is 1.